The molecule has 11 aromatic carbocycles. The summed E-state index contributed by atoms with van der Waals surface area (Å²) in [6, 6.07) is 92.5. The predicted molar refractivity (Wildman–Crippen MR) is 272 cm³/mol. The number of benzene rings is 11. The lowest BCUT2D eigenvalue weighted by molar-refractivity contribution is 1.18. The normalized spacial score (nSPS) is 11.4. The predicted octanol–water partition coefficient (Wildman–Crippen LogP) is 17.2. The van der Waals surface area contributed by atoms with Gasteiger partial charge in [0.2, 0.25) is 0 Å². The molecule has 0 amide bonds. The second kappa shape index (κ2) is 15.8. The second-order valence-corrected chi connectivity index (χ2v) is 16.5. The minimum atomic E-state index is 1.09. The zero-order valence-corrected chi connectivity index (χ0v) is 35.1. The van der Waals surface area contributed by atoms with E-state index in [0.29, 0.717) is 0 Å². The van der Waals surface area contributed by atoms with Gasteiger partial charge in [-0.15, -0.1) is 0 Å². The molecule has 0 aliphatic heterocycles. The Balaban J connectivity index is 0.962. The molecule has 0 unspecified atom stereocenters. The maximum atomic E-state index is 2.46. The Morgan fingerprint density at radius 1 is 0.266 bits per heavy atom. The summed E-state index contributed by atoms with van der Waals surface area (Å²) in [5.41, 5.74) is 16.4. The molecular formula is C62H42N2. The second-order valence-electron chi connectivity index (χ2n) is 16.5. The van der Waals surface area contributed by atoms with Crippen LogP contribution in [0.2, 0.25) is 0 Å². The monoisotopic (exact) mass is 814 g/mol. The highest BCUT2D eigenvalue weighted by Crippen LogP contribution is 2.44. The number of anilines is 3. The first-order valence-electron chi connectivity index (χ1n) is 22.0. The topological polar surface area (TPSA) is 8.17 Å². The molecule has 1 heterocycles. The molecule has 2 heteroatoms. The van der Waals surface area contributed by atoms with Crippen LogP contribution in [0.25, 0.3) is 93.5 Å². The van der Waals surface area contributed by atoms with Crippen molar-refractivity contribution in [1.29, 1.82) is 0 Å². The van der Waals surface area contributed by atoms with Crippen LogP contribution in [0.4, 0.5) is 17.1 Å². The van der Waals surface area contributed by atoms with Gasteiger partial charge in [0.15, 0.2) is 0 Å². The van der Waals surface area contributed by atoms with Crippen molar-refractivity contribution in [3.8, 4) is 50.2 Å². The first-order valence-corrected chi connectivity index (χ1v) is 22.0. The Labute approximate surface area is 373 Å². The van der Waals surface area contributed by atoms with Gasteiger partial charge in [0.05, 0.1) is 11.0 Å². The largest absolute Gasteiger partial charge is 0.311 e. The Morgan fingerprint density at radius 3 is 1.33 bits per heavy atom. The molecular weight excluding hydrogens is 773 g/mol. The van der Waals surface area contributed by atoms with E-state index in [1.54, 1.807) is 0 Å². The third kappa shape index (κ3) is 6.52. The van der Waals surface area contributed by atoms with Crippen molar-refractivity contribution >= 4 is 60.4 Å². The van der Waals surface area contributed by atoms with Gasteiger partial charge in [0.1, 0.15) is 0 Å². The van der Waals surface area contributed by atoms with Crippen molar-refractivity contribution in [2.45, 2.75) is 0 Å². The molecule has 12 aromatic rings. The summed E-state index contributed by atoms with van der Waals surface area (Å²) < 4.78 is 2.46. The lowest BCUT2D eigenvalue weighted by Crippen LogP contribution is -2.09. The molecule has 0 atom stereocenters. The molecule has 0 saturated heterocycles. The number of nitrogens with zero attached hydrogens (tertiary/aromatic N) is 2. The van der Waals surface area contributed by atoms with Crippen LogP contribution in [0.3, 0.4) is 0 Å². The van der Waals surface area contributed by atoms with Crippen molar-refractivity contribution in [3.05, 3.63) is 255 Å². The van der Waals surface area contributed by atoms with E-state index in [1.807, 2.05) is 0 Å². The fraction of sp³-hybridized carbons (Fsp3) is 0. The van der Waals surface area contributed by atoms with Gasteiger partial charge in [-0.1, -0.05) is 194 Å². The summed E-state index contributed by atoms with van der Waals surface area (Å²) >= 11 is 0. The molecule has 1 aromatic heterocycles. The van der Waals surface area contributed by atoms with Gasteiger partial charge in [-0.25, -0.2) is 0 Å². The van der Waals surface area contributed by atoms with E-state index in [-0.39, 0.29) is 0 Å². The molecule has 12 rings (SSSR count). The van der Waals surface area contributed by atoms with Crippen molar-refractivity contribution in [2.75, 3.05) is 4.90 Å². The molecule has 0 spiro atoms. The minimum Gasteiger partial charge on any atom is -0.311 e. The van der Waals surface area contributed by atoms with Gasteiger partial charge in [-0.3, -0.25) is 0 Å². The number of rotatable bonds is 8. The summed E-state index contributed by atoms with van der Waals surface area (Å²) in [5.74, 6) is 0. The standard InChI is InChI=1S/C62H42N2/c1-3-14-43(15-4-1)45-28-35-51(36-29-45)63(52-37-30-46(31-38-52)44-16-5-2-6-17-44)53-39-32-47(33-40-53)50-21-11-22-54(42-50)64-59-27-13-26-58(57-25-12-20-48-18-7-9-23-55(48)57)62(59)61-56-24-10-8-19-49(56)34-41-60(61)64/h1-42H. The highest BCUT2D eigenvalue weighted by Gasteiger charge is 2.20. The average molecular weight is 815 g/mol. The molecule has 0 aliphatic rings. The summed E-state index contributed by atoms with van der Waals surface area (Å²) in [6.45, 7) is 0. The zero-order chi connectivity index (χ0) is 42.4. The molecule has 64 heavy (non-hydrogen) atoms. The van der Waals surface area contributed by atoms with Crippen LogP contribution in [-0.2, 0) is 0 Å². The number of hydrogen-bond donors (Lipinski definition) is 0. The first-order chi connectivity index (χ1) is 31.7. The summed E-state index contributed by atoms with van der Waals surface area (Å²) in [7, 11) is 0. The summed E-state index contributed by atoms with van der Waals surface area (Å²) in [4.78, 5) is 2.35. The van der Waals surface area contributed by atoms with Gasteiger partial charge in [0, 0.05) is 33.5 Å². The molecule has 0 radical (unpaired) electrons. The van der Waals surface area contributed by atoms with Crippen molar-refractivity contribution in [1.82, 2.24) is 4.57 Å². The quantitative estimate of drug-likeness (QED) is 0.148. The van der Waals surface area contributed by atoms with Gasteiger partial charge < -0.3 is 9.47 Å². The summed E-state index contributed by atoms with van der Waals surface area (Å²) in [6.07, 6.45) is 0. The van der Waals surface area contributed by atoms with Crippen LogP contribution < -0.4 is 4.90 Å². The Hall–Kier alpha value is -8.46. The molecule has 0 aliphatic carbocycles. The molecule has 0 bridgehead atoms. The number of hydrogen-bond acceptors (Lipinski definition) is 1. The third-order valence-corrected chi connectivity index (χ3v) is 12.8. The fourth-order valence-electron chi connectivity index (χ4n) is 9.73. The molecule has 0 fully saturated rings. The zero-order valence-electron chi connectivity index (χ0n) is 35.1. The van der Waals surface area contributed by atoms with Crippen molar-refractivity contribution in [2.24, 2.45) is 0 Å². The van der Waals surface area contributed by atoms with Crippen LogP contribution in [-0.4, -0.2) is 4.57 Å². The molecule has 300 valence electrons. The van der Waals surface area contributed by atoms with Gasteiger partial charge >= 0.3 is 0 Å². The van der Waals surface area contributed by atoms with Crippen LogP contribution >= 0.6 is 0 Å². The van der Waals surface area contributed by atoms with Crippen LogP contribution in [0.1, 0.15) is 0 Å². The molecule has 0 saturated carbocycles. The van der Waals surface area contributed by atoms with Crippen LogP contribution in [0.5, 0.6) is 0 Å². The molecule has 0 N–H and O–H groups in total. The smallest absolute Gasteiger partial charge is 0.0547 e. The van der Waals surface area contributed by atoms with Gasteiger partial charge in [0.25, 0.3) is 0 Å². The Kier molecular flexibility index (Phi) is 9.20. The highest BCUT2D eigenvalue weighted by atomic mass is 15.1. The maximum Gasteiger partial charge on any atom is 0.0547 e. The minimum absolute atomic E-state index is 1.09. The van der Waals surface area contributed by atoms with E-state index in [9.17, 15) is 0 Å². The lowest BCUT2D eigenvalue weighted by Gasteiger charge is -2.26. The lowest BCUT2D eigenvalue weighted by atomic mass is 9.93. The van der Waals surface area contributed by atoms with Gasteiger partial charge in [-0.2, -0.15) is 0 Å². The van der Waals surface area contributed by atoms with E-state index < -0.39 is 0 Å². The number of fused-ring (bicyclic) bond motifs is 6. The van der Waals surface area contributed by atoms with E-state index in [0.717, 1.165) is 33.9 Å². The van der Waals surface area contributed by atoms with E-state index in [4.69, 9.17) is 0 Å². The highest BCUT2D eigenvalue weighted by molar-refractivity contribution is 6.26. The number of aromatic nitrogens is 1. The average Bonchev–Trinajstić information content (AvgIpc) is 3.73. The van der Waals surface area contributed by atoms with Crippen molar-refractivity contribution < 1.29 is 0 Å². The van der Waals surface area contributed by atoms with Crippen LogP contribution in [0.15, 0.2) is 255 Å². The van der Waals surface area contributed by atoms with E-state index >= 15 is 0 Å². The Morgan fingerprint density at radius 2 is 0.703 bits per heavy atom. The Bertz CT molecular complexity index is 3540. The maximum absolute atomic E-state index is 2.46. The first kappa shape index (κ1) is 37.3. The fourth-order valence-corrected chi connectivity index (χ4v) is 9.73. The summed E-state index contributed by atoms with van der Waals surface area (Å²) in [5, 5.41) is 7.56. The van der Waals surface area contributed by atoms with E-state index in [1.165, 1.54) is 76.7 Å². The van der Waals surface area contributed by atoms with Crippen molar-refractivity contribution in [3.63, 3.8) is 0 Å². The van der Waals surface area contributed by atoms with Gasteiger partial charge in [-0.05, 0) is 127 Å². The van der Waals surface area contributed by atoms with Crippen LogP contribution in [0, 0.1) is 0 Å². The SMILES string of the molecule is c1ccc(-c2ccc(N(c3ccc(-c4ccccc4)cc3)c3ccc(-c4cccc(-n5c6cccc(-c7cccc8ccccc78)c6c6c7ccccc7ccc65)c4)cc3)cc2)cc1. The molecule has 2 nitrogen and oxygen atoms in total. The third-order valence-electron chi connectivity index (χ3n) is 12.8. The van der Waals surface area contributed by atoms with E-state index in [2.05, 4.69) is 264 Å².